The lowest BCUT2D eigenvalue weighted by Gasteiger charge is -2.37. The van der Waals surface area contributed by atoms with E-state index < -0.39 is 0 Å². The van der Waals surface area contributed by atoms with Crippen LogP contribution in [0.2, 0.25) is 0 Å². The number of nitrogens with zero attached hydrogens (tertiary/aromatic N) is 3. The number of morpholine rings is 1. The van der Waals surface area contributed by atoms with Crippen molar-refractivity contribution in [3.8, 4) is 0 Å². The van der Waals surface area contributed by atoms with E-state index in [1.54, 1.807) is 0 Å². The van der Waals surface area contributed by atoms with Crippen molar-refractivity contribution < 1.29 is 4.74 Å². The van der Waals surface area contributed by atoms with Gasteiger partial charge in [-0.2, -0.15) is 0 Å². The lowest BCUT2D eigenvalue weighted by atomic mass is 10.00. The molecule has 27 heavy (non-hydrogen) atoms. The van der Waals surface area contributed by atoms with Gasteiger partial charge < -0.3 is 15.0 Å². The van der Waals surface area contributed by atoms with Crippen LogP contribution in [0.15, 0.2) is 41.4 Å². The molecule has 5 nitrogen and oxygen atoms in total. The van der Waals surface area contributed by atoms with Crippen LogP contribution in [0.3, 0.4) is 0 Å². The number of hydrogen-bond acceptors (Lipinski definition) is 3. The third-order valence-electron chi connectivity index (χ3n) is 5.48. The van der Waals surface area contributed by atoms with E-state index in [1.165, 1.54) is 11.1 Å². The molecular weight excluding hydrogens is 336 g/mol. The minimum absolute atomic E-state index is 0.428. The normalized spacial score (nSPS) is 23.1. The highest BCUT2D eigenvalue weighted by Gasteiger charge is 2.24. The lowest BCUT2D eigenvalue weighted by Crippen LogP contribution is -2.50. The Morgan fingerprint density at radius 3 is 2.78 bits per heavy atom. The summed E-state index contributed by atoms with van der Waals surface area (Å²) in [6.45, 7) is 13.0. The monoisotopic (exact) mass is 370 g/mol. The quantitative estimate of drug-likeness (QED) is 0.639. The zero-order chi connectivity index (χ0) is 19.1. The van der Waals surface area contributed by atoms with Crippen molar-refractivity contribution in [3.63, 3.8) is 0 Å². The van der Waals surface area contributed by atoms with Crippen LogP contribution in [0.1, 0.15) is 32.8 Å². The van der Waals surface area contributed by atoms with Crippen molar-refractivity contribution in [3.05, 3.63) is 42.0 Å². The van der Waals surface area contributed by atoms with E-state index in [0.29, 0.717) is 12.1 Å². The highest BCUT2D eigenvalue weighted by Crippen LogP contribution is 2.22. The Labute approximate surface area is 164 Å². The van der Waals surface area contributed by atoms with Crippen LogP contribution in [0.5, 0.6) is 0 Å². The predicted octanol–water partition coefficient (Wildman–Crippen LogP) is 2.85. The van der Waals surface area contributed by atoms with Gasteiger partial charge in [0.15, 0.2) is 5.96 Å². The largest absolute Gasteiger partial charge is 0.379 e. The maximum atomic E-state index is 5.56. The van der Waals surface area contributed by atoms with Gasteiger partial charge in [0, 0.05) is 38.3 Å². The zero-order valence-electron chi connectivity index (χ0n) is 17.0. The first-order valence-electron chi connectivity index (χ1n) is 10.3. The van der Waals surface area contributed by atoms with Crippen LogP contribution in [0.4, 0.5) is 0 Å². The van der Waals surface area contributed by atoms with Crippen LogP contribution in [0, 0.1) is 0 Å². The molecule has 1 aromatic rings. The molecule has 0 radical (unpaired) electrons. The number of nitrogens with one attached hydrogen (secondary N) is 1. The molecular formula is C22H34N4O. The van der Waals surface area contributed by atoms with E-state index in [2.05, 4.69) is 72.3 Å². The third kappa shape index (κ3) is 5.33. The molecule has 0 saturated carbocycles. The molecule has 0 amide bonds. The molecule has 2 aliphatic rings. The molecule has 1 aromatic carbocycles. The van der Waals surface area contributed by atoms with Crippen LogP contribution in [0.25, 0.3) is 5.57 Å². The van der Waals surface area contributed by atoms with Gasteiger partial charge in [0.1, 0.15) is 0 Å². The number of aliphatic imine (C=N–C) groups is 1. The third-order valence-corrected chi connectivity index (χ3v) is 5.48. The highest BCUT2D eigenvalue weighted by atomic mass is 16.5. The number of guanidine groups is 1. The summed E-state index contributed by atoms with van der Waals surface area (Å²) in [5, 5.41) is 3.48. The molecule has 2 aliphatic heterocycles. The summed E-state index contributed by atoms with van der Waals surface area (Å²) in [6, 6.07) is 11.6. The van der Waals surface area contributed by atoms with Crippen molar-refractivity contribution >= 4 is 11.5 Å². The van der Waals surface area contributed by atoms with Crippen LogP contribution in [-0.2, 0) is 4.74 Å². The van der Waals surface area contributed by atoms with Crippen LogP contribution >= 0.6 is 0 Å². The molecule has 0 aromatic heterocycles. The van der Waals surface area contributed by atoms with Gasteiger partial charge in [-0.05, 0) is 38.3 Å². The van der Waals surface area contributed by atoms with E-state index in [1.807, 2.05) is 0 Å². The molecule has 1 N–H and O–H groups in total. The molecule has 3 rings (SSSR count). The topological polar surface area (TPSA) is 40.1 Å². The minimum atomic E-state index is 0.428. The lowest BCUT2D eigenvalue weighted by molar-refractivity contribution is -0.0166. The van der Waals surface area contributed by atoms with E-state index in [-0.39, 0.29) is 0 Å². The standard InChI is InChI=1S/C22H34N4O/c1-4-23-22(24-16-18(2)26-14-15-27-17-19(26)3)25-12-10-21(11-13-25)20-8-6-5-7-9-20/h5-10,18-19H,4,11-17H2,1-3H3,(H,23,24). The fraction of sp³-hybridized carbons (Fsp3) is 0.591. The summed E-state index contributed by atoms with van der Waals surface area (Å²) in [7, 11) is 0. The average molecular weight is 371 g/mol. The summed E-state index contributed by atoms with van der Waals surface area (Å²) in [4.78, 5) is 9.84. The van der Waals surface area contributed by atoms with Gasteiger partial charge in [-0.15, -0.1) is 0 Å². The Kier molecular flexibility index (Phi) is 7.30. The van der Waals surface area contributed by atoms with Gasteiger partial charge in [-0.25, -0.2) is 0 Å². The Bertz CT molecular complexity index is 643. The van der Waals surface area contributed by atoms with Crippen molar-refractivity contribution in [2.45, 2.75) is 39.3 Å². The fourth-order valence-corrected chi connectivity index (χ4v) is 3.92. The van der Waals surface area contributed by atoms with Gasteiger partial charge in [0.2, 0.25) is 0 Å². The van der Waals surface area contributed by atoms with Crippen molar-refractivity contribution in [1.29, 1.82) is 0 Å². The molecule has 1 saturated heterocycles. The zero-order valence-corrected chi connectivity index (χ0v) is 17.0. The molecule has 0 spiro atoms. The van der Waals surface area contributed by atoms with Gasteiger partial charge >= 0.3 is 0 Å². The van der Waals surface area contributed by atoms with Crippen molar-refractivity contribution in [2.75, 3.05) is 45.9 Å². The second-order valence-corrected chi connectivity index (χ2v) is 7.50. The summed E-state index contributed by atoms with van der Waals surface area (Å²) >= 11 is 0. The maximum Gasteiger partial charge on any atom is 0.194 e. The molecule has 2 unspecified atom stereocenters. The number of benzene rings is 1. The first-order valence-corrected chi connectivity index (χ1v) is 10.3. The average Bonchev–Trinajstić information content (AvgIpc) is 2.72. The van der Waals surface area contributed by atoms with Gasteiger partial charge in [0.05, 0.1) is 19.8 Å². The van der Waals surface area contributed by atoms with Crippen molar-refractivity contribution in [2.24, 2.45) is 4.99 Å². The second-order valence-electron chi connectivity index (χ2n) is 7.50. The maximum absolute atomic E-state index is 5.56. The molecule has 2 heterocycles. The highest BCUT2D eigenvalue weighted by molar-refractivity contribution is 5.81. The Morgan fingerprint density at radius 2 is 2.11 bits per heavy atom. The van der Waals surface area contributed by atoms with Gasteiger partial charge in [0.25, 0.3) is 0 Å². The van der Waals surface area contributed by atoms with E-state index in [9.17, 15) is 0 Å². The van der Waals surface area contributed by atoms with Crippen LogP contribution < -0.4 is 5.32 Å². The first-order chi connectivity index (χ1) is 13.2. The smallest absolute Gasteiger partial charge is 0.194 e. The Balaban J connectivity index is 1.61. The summed E-state index contributed by atoms with van der Waals surface area (Å²) in [5.74, 6) is 1.04. The molecule has 148 valence electrons. The molecule has 5 heteroatoms. The number of rotatable bonds is 5. The Hall–Kier alpha value is -1.85. The van der Waals surface area contributed by atoms with E-state index >= 15 is 0 Å². The molecule has 0 aliphatic carbocycles. The van der Waals surface area contributed by atoms with Crippen LogP contribution in [-0.4, -0.2) is 73.8 Å². The second kappa shape index (κ2) is 9.90. The van der Waals surface area contributed by atoms with Gasteiger partial charge in [-0.1, -0.05) is 36.4 Å². The number of ether oxygens (including phenoxy) is 1. The first kappa shape index (κ1) is 19.9. The number of hydrogen-bond donors (Lipinski definition) is 1. The van der Waals surface area contributed by atoms with E-state index in [0.717, 1.165) is 58.3 Å². The minimum Gasteiger partial charge on any atom is -0.379 e. The molecule has 0 bridgehead atoms. The summed E-state index contributed by atoms with van der Waals surface area (Å²) in [6.07, 6.45) is 3.41. The van der Waals surface area contributed by atoms with Gasteiger partial charge in [-0.3, -0.25) is 9.89 Å². The van der Waals surface area contributed by atoms with Crippen molar-refractivity contribution in [1.82, 2.24) is 15.1 Å². The SMILES string of the molecule is CCNC(=NCC(C)N1CCOCC1C)N1CC=C(c2ccccc2)CC1. The fourth-order valence-electron chi connectivity index (χ4n) is 3.92. The molecule has 2 atom stereocenters. The predicted molar refractivity (Wildman–Crippen MR) is 113 cm³/mol. The Morgan fingerprint density at radius 1 is 1.30 bits per heavy atom. The molecule has 1 fully saturated rings. The summed E-state index contributed by atoms with van der Waals surface area (Å²) < 4.78 is 5.56. The van der Waals surface area contributed by atoms with E-state index in [4.69, 9.17) is 9.73 Å². The summed E-state index contributed by atoms with van der Waals surface area (Å²) in [5.41, 5.74) is 2.78.